The van der Waals surface area contributed by atoms with E-state index >= 15 is 0 Å². The predicted molar refractivity (Wildman–Crippen MR) is 77.5 cm³/mol. The molecule has 1 aromatic rings. The topological polar surface area (TPSA) is 95.1 Å². The summed E-state index contributed by atoms with van der Waals surface area (Å²) in [5.41, 5.74) is -0.741. The maximum Gasteiger partial charge on any atom is 0.235 e. The molecule has 0 aromatic carbocycles. The normalized spacial score (nSPS) is 24.7. The molecule has 118 valence electrons. The van der Waals surface area contributed by atoms with Crippen molar-refractivity contribution in [3.8, 4) is 6.07 Å². The minimum atomic E-state index is -0.741. The van der Waals surface area contributed by atoms with Crippen molar-refractivity contribution in [1.29, 1.82) is 5.26 Å². The average Bonchev–Trinajstić information content (AvgIpc) is 3.12. The highest BCUT2D eigenvalue weighted by atomic mass is 16.5. The second kappa shape index (κ2) is 5.69. The van der Waals surface area contributed by atoms with E-state index in [1.165, 1.54) is 0 Å². The Morgan fingerprint density at radius 1 is 1.55 bits per heavy atom. The van der Waals surface area contributed by atoms with E-state index in [1.807, 2.05) is 6.92 Å². The van der Waals surface area contributed by atoms with Gasteiger partial charge in [-0.05, 0) is 45.1 Å². The van der Waals surface area contributed by atoms with Crippen LogP contribution >= 0.6 is 0 Å². The van der Waals surface area contributed by atoms with Crippen molar-refractivity contribution >= 4 is 5.91 Å². The minimum absolute atomic E-state index is 0.0254. The van der Waals surface area contributed by atoms with E-state index in [0.717, 1.165) is 32.2 Å². The van der Waals surface area contributed by atoms with Crippen LogP contribution in [0.5, 0.6) is 0 Å². The Balaban J connectivity index is 1.62. The van der Waals surface area contributed by atoms with Gasteiger partial charge in [-0.2, -0.15) is 10.2 Å². The summed E-state index contributed by atoms with van der Waals surface area (Å²) in [7, 11) is 0. The fraction of sp³-hybridized carbons (Fsp3) is 0.733. The Bertz CT molecular complexity index is 603. The molecule has 2 fully saturated rings. The molecule has 2 atom stereocenters. The maximum absolute atomic E-state index is 12.3. The molecule has 7 heteroatoms. The smallest absolute Gasteiger partial charge is 0.235 e. The first kappa shape index (κ1) is 15.0. The van der Waals surface area contributed by atoms with E-state index in [0.29, 0.717) is 11.7 Å². The van der Waals surface area contributed by atoms with Crippen molar-refractivity contribution in [2.45, 2.75) is 51.1 Å². The summed E-state index contributed by atoms with van der Waals surface area (Å²) < 4.78 is 5.04. The van der Waals surface area contributed by atoms with Crippen LogP contribution in [0.1, 0.15) is 50.4 Å². The minimum Gasteiger partial charge on any atom is -0.340 e. The number of aromatic nitrogens is 2. The second-order valence-corrected chi connectivity index (χ2v) is 6.44. The van der Waals surface area contributed by atoms with Gasteiger partial charge < -0.3 is 9.84 Å². The monoisotopic (exact) mass is 303 g/mol. The third-order valence-electron chi connectivity index (χ3n) is 4.58. The lowest BCUT2D eigenvalue weighted by Crippen LogP contribution is -2.50. The van der Waals surface area contributed by atoms with Crippen molar-refractivity contribution < 1.29 is 9.32 Å². The third kappa shape index (κ3) is 2.97. The Morgan fingerprint density at radius 2 is 2.32 bits per heavy atom. The quantitative estimate of drug-likeness (QED) is 0.881. The molecular formula is C15H21N5O2. The van der Waals surface area contributed by atoms with Crippen molar-refractivity contribution in [2.24, 2.45) is 5.92 Å². The fourth-order valence-corrected chi connectivity index (χ4v) is 3.15. The zero-order valence-electron chi connectivity index (χ0n) is 13.0. The summed E-state index contributed by atoms with van der Waals surface area (Å²) in [6, 6.07) is 2.28. The molecule has 1 aromatic heterocycles. The van der Waals surface area contributed by atoms with Gasteiger partial charge in [0.25, 0.3) is 0 Å². The Hall–Kier alpha value is -1.94. The molecule has 0 bridgehead atoms. The van der Waals surface area contributed by atoms with Crippen LogP contribution in [0, 0.1) is 24.2 Å². The molecule has 7 nitrogen and oxygen atoms in total. The second-order valence-electron chi connectivity index (χ2n) is 6.44. The van der Waals surface area contributed by atoms with Gasteiger partial charge in [0.15, 0.2) is 5.82 Å². The first-order valence-corrected chi connectivity index (χ1v) is 7.78. The Kier molecular flexibility index (Phi) is 3.87. The number of amides is 1. The largest absolute Gasteiger partial charge is 0.340 e. The molecule has 0 radical (unpaired) electrons. The van der Waals surface area contributed by atoms with E-state index in [-0.39, 0.29) is 24.4 Å². The summed E-state index contributed by atoms with van der Waals surface area (Å²) in [4.78, 5) is 18.7. The fourth-order valence-electron chi connectivity index (χ4n) is 3.15. The van der Waals surface area contributed by atoms with Crippen molar-refractivity contribution in [3.63, 3.8) is 0 Å². The van der Waals surface area contributed by atoms with Gasteiger partial charge in [0.1, 0.15) is 5.54 Å². The number of aryl methyl sites for hydroxylation is 1. The van der Waals surface area contributed by atoms with Crippen molar-refractivity contribution in [1.82, 2.24) is 20.4 Å². The zero-order valence-corrected chi connectivity index (χ0v) is 13.0. The van der Waals surface area contributed by atoms with Gasteiger partial charge in [-0.3, -0.25) is 9.69 Å². The van der Waals surface area contributed by atoms with Crippen molar-refractivity contribution in [2.75, 3.05) is 13.1 Å². The van der Waals surface area contributed by atoms with Crippen LogP contribution in [0.3, 0.4) is 0 Å². The number of rotatable bonds is 5. The van der Waals surface area contributed by atoms with Gasteiger partial charge in [-0.15, -0.1) is 0 Å². The lowest BCUT2D eigenvalue weighted by atomic mass is 9.98. The number of carbonyl (C=O) groups excluding carboxylic acids is 1. The Morgan fingerprint density at radius 3 is 2.91 bits per heavy atom. The highest BCUT2D eigenvalue weighted by Gasteiger charge is 2.43. The maximum atomic E-state index is 12.3. The van der Waals surface area contributed by atoms with Crippen LogP contribution in [0.15, 0.2) is 4.52 Å². The molecule has 1 N–H and O–H groups in total. The number of hydrogen-bond acceptors (Lipinski definition) is 6. The molecule has 2 aliphatic rings. The van der Waals surface area contributed by atoms with Gasteiger partial charge in [0.05, 0.1) is 18.7 Å². The van der Waals surface area contributed by atoms with E-state index in [4.69, 9.17) is 4.52 Å². The highest BCUT2D eigenvalue weighted by molar-refractivity contribution is 5.79. The van der Waals surface area contributed by atoms with E-state index in [1.54, 1.807) is 6.92 Å². The standard InChI is InChI=1S/C15H21N5O2/c1-10-17-14(19-22-10)12-4-3-7-20(12)8-13(21)18-15(2,9-16)11-5-6-11/h11-12H,3-8H2,1-2H3,(H,18,21). The SMILES string of the molecule is Cc1nc(C2CCCN2CC(=O)NC(C)(C#N)C2CC2)no1. The predicted octanol–water partition coefficient (Wildman–Crippen LogP) is 1.32. The third-order valence-corrected chi connectivity index (χ3v) is 4.58. The Labute approximate surface area is 129 Å². The summed E-state index contributed by atoms with van der Waals surface area (Å²) in [6.45, 7) is 4.67. The number of nitriles is 1. The molecule has 1 aliphatic heterocycles. The summed E-state index contributed by atoms with van der Waals surface area (Å²) in [5, 5.41) is 16.2. The number of nitrogens with one attached hydrogen (secondary N) is 1. The molecule has 1 saturated heterocycles. The molecule has 1 saturated carbocycles. The first-order chi connectivity index (χ1) is 10.5. The van der Waals surface area contributed by atoms with Crippen LogP contribution in [0.4, 0.5) is 0 Å². The number of hydrogen-bond donors (Lipinski definition) is 1. The average molecular weight is 303 g/mol. The lowest BCUT2D eigenvalue weighted by molar-refractivity contribution is -0.123. The van der Waals surface area contributed by atoms with Gasteiger partial charge in [-0.25, -0.2) is 0 Å². The molecule has 1 aliphatic carbocycles. The van der Waals surface area contributed by atoms with Crippen LogP contribution in [-0.2, 0) is 4.79 Å². The molecule has 2 unspecified atom stereocenters. The molecule has 22 heavy (non-hydrogen) atoms. The van der Waals surface area contributed by atoms with Crippen LogP contribution < -0.4 is 5.32 Å². The van der Waals surface area contributed by atoms with Crippen molar-refractivity contribution in [3.05, 3.63) is 11.7 Å². The van der Waals surface area contributed by atoms with E-state index in [9.17, 15) is 10.1 Å². The van der Waals surface area contributed by atoms with E-state index < -0.39 is 5.54 Å². The molecule has 0 spiro atoms. The molecule has 3 rings (SSSR count). The van der Waals surface area contributed by atoms with Gasteiger partial charge >= 0.3 is 0 Å². The highest BCUT2D eigenvalue weighted by Crippen LogP contribution is 2.39. The number of nitrogens with zero attached hydrogens (tertiary/aromatic N) is 4. The number of likely N-dealkylation sites (tertiary alicyclic amines) is 1. The van der Waals surface area contributed by atoms with Crippen LogP contribution in [0.2, 0.25) is 0 Å². The molecule has 2 heterocycles. The lowest BCUT2D eigenvalue weighted by Gasteiger charge is -2.26. The molecular weight excluding hydrogens is 282 g/mol. The van der Waals surface area contributed by atoms with Gasteiger partial charge in [0.2, 0.25) is 11.8 Å². The zero-order chi connectivity index (χ0) is 15.7. The summed E-state index contributed by atoms with van der Waals surface area (Å²) >= 11 is 0. The summed E-state index contributed by atoms with van der Waals surface area (Å²) in [6.07, 6.45) is 3.95. The first-order valence-electron chi connectivity index (χ1n) is 7.78. The van der Waals surface area contributed by atoms with Gasteiger partial charge in [0, 0.05) is 6.92 Å². The van der Waals surface area contributed by atoms with E-state index in [2.05, 4.69) is 26.4 Å². The van der Waals surface area contributed by atoms with Crippen LogP contribution in [-0.4, -0.2) is 39.6 Å². The van der Waals surface area contributed by atoms with Gasteiger partial charge in [-0.1, -0.05) is 5.16 Å². The van der Waals surface area contributed by atoms with Crippen LogP contribution in [0.25, 0.3) is 0 Å². The number of carbonyl (C=O) groups is 1. The molecule has 1 amide bonds. The summed E-state index contributed by atoms with van der Waals surface area (Å²) in [5.74, 6) is 1.36.